The first-order chi connectivity index (χ1) is 8.49. The van der Waals surface area contributed by atoms with Gasteiger partial charge in [0, 0.05) is 6.20 Å². The Balaban J connectivity index is 2.41. The lowest BCUT2D eigenvalue weighted by Gasteiger charge is -2.31. The van der Waals surface area contributed by atoms with Gasteiger partial charge in [-0.2, -0.15) is 0 Å². The monoisotopic (exact) mass is 246 g/mol. The summed E-state index contributed by atoms with van der Waals surface area (Å²) >= 11 is 0. The largest absolute Gasteiger partial charge is 0.388 e. The molecule has 0 aliphatic carbocycles. The Labute approximate surface area is 106 Å². The molecule has 2 atom stereocenters. The summed E-state index contributed by atoms with van der Waals surface area (Å²) in [5.41, 5.74) is 7.56. The van der Waals surface area contributed by atoms with Crippen LogP contribution in [0.3, 0.4) is 0 Å². The first-order valence-electron chi connectivity index (χ1n) is 5.91. The van der Waals surface area contributed by atoms with Crippen LogP contribution in [0.2, 0.25) is 0 Å². The van der Waals surface area contributed by atoms with Gasteiger partial charge >= 0.3 is 6.03 Å². The van der Waals surface area contributed by atoms with Gasteiger partial charge in [0.1, 0.15) is 6.04 Å². The van der Waals surface area contributed by atoms with Crippen molar-refractivity contribution in [3.63, 3.8) is 0 Å². The molecule has 2 unspecified atom stereocenters. The molecule has 96 valence electrons. The van der Waals surface area contributed by atoms with Crippen LogP contribution in [0.25, 0.3) is 0 Å². The molecule has 0 saturated carbocycles. The Kier molecular flexibility index (Phi) is 3.23. The maximum absolute atomic E-state index is 11.9. The first kappa shape index (κ1) is 12.4. The standard InChI is InChI=1S/C13H18N4O/c1-8(2)7-10-12(15-9(3)14)11-5-4-6-17(11)13(18)16-10/h4-6,10,12H,1,7H2,2-3H3,(H2,14,15)(H,16,18). The van der Waals surface area contributed by atoms with E-state index in [1.165, 1.54) is 0 Å². The van der Waals surface area contributed by atoms with E-state index < -0.39 is 0 Å². The van der Waals surface area contributed by atoms with Gasteiger partial charge in [0.05, 0.1) is 17.6 Å². The van der Waals surface area contributed by atoms with E-state index in [1.807, 2.05) is 19.1 Å². The van der Waals surface area contributed by atoms with Crippen LogP contribution < -0.4 is 11.1 Å². The smallest absolute Gasteiger partial charge is 0.326 e. The Morgan fingerprint density at radius 3 is 2.94 bits per heavy atom. The molecule has 0 fully saturated rings. The van der Waals surface area contributed by atoms with E-state index in [-0.39, 0.29) is 18.1 Å². The van der Waals surface area contributed by atoms with Crippen molar-refractivity contribution in [3.05, 3.63) is 36.2 Å². The number of fused-ring (bicyclic) bond motifs is 1. The van der Waals surface area contributed by atoms with Gasteiger partial charge in [0.2, 0.25) is 0 Å². The average Bonchev–Trinajstić information content (AvgIpc) is 2.71. The van der Waals surface area contributed by atoms with Gasteiger partial charge in [0.25, 0.3) is 0 Å². The molecule has 0 radical (unpaired) electrons. The van der Waals surface area contributed by atoms with E-state index in [2.05, 4.69) is 16.9 Å². The zero-order valence-electron chi connectivity index (χ0n) is 10.7. The number of carbonyl (C=O) groups excluding carboxylic acids is 1. The number of hydrogen-bond acceptors (Lipinski definition) is 2. The zero-order valence-corrected chi connectivity index (χ0v) is 10.7. The van der Waals surface area contributed by atoms with Gasteiger partial charge in [-0.25, -0.2) is 4.79 Å². The number of nitrogens with one attached hydrogen (secondary N) is 1. The van der Waals surface area contributed by atoms with Crippen LogP contribution in [0.5, 0.6) is 0 Å². The van der Waals surface area contributed by atoms with Gasteiger partial charge < -0.3 is 11.1 Å². The van der Waals surface area contributed by atoms with Gasteiger partial charge in [-0.05, 0) is 32.4 Å². The van der Waals surface area contributed by atoms with Crippen LogP contribution in [-0.2, 0) is 0 Å². The van der Waals surface area contributed by atoms with E-state index in [1.54, 1.807) is 17.7 Å². The fraction of sp³-hybridized carbons (Fsp3) is 0.385. The molecule has 0 spiro atoms. The van der Waals surface area contributed by atoms with Crippen LogP contribution in [0.4, 0.5) is 4.79 Å². The Hall–Kier alpha value is -2.04. The number of aliphatic imine (C=N–C) groups is 1. The Bertz CT molecular complexity index is 511. The van der Waals surface area contributed by atoms with E-state index >= 15 is 0 Å². The molecule has 1 aliphatic heterocycles. The molecule has 1 aliphatic rings. The summed E-state index contributed by atoms with van der Waals surface area (Å²) < 4.78 is 1.58. The fourth-order valence-corrected chi connectivity index (χ4v) is 2.25. The Morgan fingerprint density at radius 1 is 1.61 bits per heavy atom. The van der Waals surface area contributed by atoms with Crippen molar-refractivity contribution in [1.29, 1.82) is 0 Å². The lowest BCUT2D eigenvalue weighted by molar-refractivity contribution is 0.228. The van der Waals surface area contributed by atoms with Crippen LogP contribution in [0, 0.1) is 0 Å². The third kappa shape index (κ3) is 2.30. The second-order valence-electron chi connectivity index (χ2n) is 4.74. The van der Waals surface area contributed by atoms with E-state index in [0.29, 0.717) is 12.3 Å². The minimum atomic E-state index is -0.153. The molecule has 0 aromatic carbocycles. The predicted molar refractivity (Wildman–Crippen MR) is 71.6 cm³/mol. The molecule has 3 N–H and O–H groups in total. The number of amidine groups is 1. The summed E-state index contributed by atoms with van der Waals surface area (Å²) in [6.45, 7) is 7.59. The van der Waals surface area contributed by atoms with E-state index in [4.69, 9.17) is 5.73 Å². The molecule has 1 aromatic heterocycles. The number of carbonyl (C=O) groups is 1. The lowest BCUT2D eigenvalue weighted by Crippen LogP contribution is -2.47. The van der Waals surface area contributed by atoms with Crippen molar-refractivity contribution in [2.24, 2.45) is 10.7 Å². The zero-order chi connectivity index (χ0) is 13.3. The van der Waals surface area contributed by atoms with Crippen molar-refractivity contribution in [3.8, 4) is 0 Å². The third-order valence-electron chi connectivity index (χ3n) is 2.90. The predicted octanol–water partition coefficient (Wildman–Crippen LogP) is 1.81. The number of amides is 1. The molecular formula is C13H18N4O. The number of rotatable bonds is 3. The van der Waals surface area contributed by atoms with Crippen LogP contribution in [0.15, 0.2) is 35.5 Å². The van der Waals surface area contributed by atoms with Crippen molar-refractivity contribution in [2.45, 2.75) is 32.4 Å². The van der Waals surface area contributed by atoms with Crippen molar-refractivity contribution in [1.82, 2.24) is 9.88 Å². The minimum Gasteiger partial charge on any atom is -0.388 e. The number of nitrogens with two attached hydrogens (primary N) is 1. The molecule has 18 heavy (non-hydrogen) atoms. The third-order valence-corrected chi connectivity index (χ3v) is 2.90. The minimum absolute atomic E-state index is 0.0871. The van der Waals surface area contributed by atoms with Crippen LogP contribution in [-0.4, -0.2) is 22.5 Å². The topological polar surface area (TPSA) is 72.4 Å². The normalized spacial score (nSPS) is 23.4. The summed E-state index contributed by atoms with van der Waals surface area (Å²) in [7, 11) is 0. The summed E-state index contributed by atoms with van der Waals surface area (Å²) in [6, 6.07) is 3.38. The van der Waals surface area contributed by atoms with Gasteiger partial charge in [0.15, 0.2) is 0 Å². The van der Waals surface area contributed by atoms with Gasteiger partial charge in [-0.1, -0.05) is 5.57 Å². The van der Waals surface area contributed by atoms with Crippen LogP contribution in [0.1, 0.15) is 32.0 Å². The van der Waals surface area contributed by atoms with Crippen molar-refractivity contribution < 1.29 is 4.79 Å². The highest BCUT2D eigenvalue weighted by Gasteiger charge is 2.32. The molecule has 1 amide bonds. The molecule has 2 rings (SSSR count). The number of hydrogen-bond donors (Lipinski definition) is 2. The quantitative estimate of drug-likeness (QED) is 0.485. The molecule has 0 bridgehead atoms. The van der Waals surface area contributed by atoms with E-state index in [0.717, 1.165) is 11.3 Å². The molecule has 2 heterocycles. The molecule has 5 nitrogen and oxygen atoms in total. The van der Waals surface area contributed by atoms with Gasteiger partial charge in [-0.15, -0.1) is 6.58 Å². The number of aromatic nitrogens is 1. The summed E-state index contributed by atoms with van der Waals surface area (Å²) in [6.07, 6.45) is 2.42. The highest BCUT2D eigenvalue weighted by Crippen LogP contribution is 2.29. The SMILES string of the molecule is C=C(C)CC1NC(=O)n2cccc2C1N=C(C)N. The van der Waals surface area contributed by atoms with E-state index in [9.17, 15) is 4.79 Å². The van der Waals surface area contributed by atoms with Crippen molar-refractivity contribution >= 4 is 11.9 Å². The summed E-state index contributed by atoms with van der Waals surface area (Å²) in [5, 5.41) is 2.95. The van der Waals surface area contributed by atoms with Crippen LogP contribution >= 0.6 is 0 Å². The molecule has 0 saturated heterocycles. The lowest BCUT2D eigenvalue weighted by atomic mass is 9.97. The second-order valence-corrected chi connectivity index (χ2v) is 4.74. The molecule has 5 heteroatoms. The average molecular weight is 246 g/mol. The first-order valence-corrected chi connectivity index (χ1v) is 5.91. The highest BCUT2D eigenvalue weighted by atomic mass is 16.2. The summed E-state index contributed by atoms with van der Waals surface area (Å²) in [5.74, 6) is 0.510. The van der Waals surface area contributed by atoms with Gasteiger partial charge in [-0.3, -0.25) is 9.56 Å². The van der Waals surface area contributed by atoms with Crippen molar-refractivity contribution in [2.75, 3.05) is 0 Å². The molecular weight excluding hydrogens is 228 g/mol. The molecule has 1 aromatic rings. The maximum atomic E-state index is 11.9. The number of nitrogens with zero attached hydrogens (tertiary/aromatic N) is 2. The maximum Gasteiger partial charge on any atom is 0.326 e. The second kappa shape index (κ2) is 4.68. The fourth-order valence-electron chi connectivity index (χ4n) is 2.25. The summed E-state index contributed by atoms with van der Waals surface area (Å²) in [4.78, 5) is 16.3. The Morgan fingerprint density at radius 2 is 2.33 bits per heavy atom. The highest BCUT2D eigenvalue weighted by molar-refractivity contribution is 5.81.